The van der Waals surface area contributed by atoms with Gasteiger partial charge in [0.15, 0.2) is 11.5 Å². The Hall–Kier alpha value is -3.63. The van der Waals surface area contributed by atoms with Crippen molar-refractivity contribution in [2.75, 3.05) is 45.9 Å². The second-order valence-electron chi connectivity index (χ2n) is 11.8. The van der Waals surface area contributed by atoms with Crippen LogP contribution >= 0.6 is 0 Å². The van der Waals surface area contributed by atoms with Crippen LogP contribution in [0, 0.1) is 18.3 Å². The number of ether oxygens (including phenoxy) is 2. The minimum atomic E-state index is -4.12. The van der Waals surface area contributed by atoms with Gasteiger partial charge in [0, 0.05) is 32.0 Å². The summed E-state index contributed by atoms with van der Waals surface area (Å²) in [4.78, 5) is 28.8. The lowest BCUT2D eigenvalue weighted by Crippen LogP contribution is -2.60. The highest BCUT2D eigenvalue weighted by molar-refractivity contribution is 7.89. The number of sulfonamides is 1. The molecule has 0 spiro atoms. The van der Waals surface area contributed by atoms with Crippen LogP contribution < -0.4 is 14.9 Å². The lowest BCUT2D eigenvalue weighted by Gasteiger charge is -2.37. The van der Waals surface area contributed by atoms with E-state index in [1.54, 1.807) is 6.07 Å². The Morgan fingerprint density at radius 1 is 1.04 bits per heavy atom. The predicted octanol–water partition coefficient (Wildman–Crippen LogP) is 2.45. The Morgan fingerprint density at radius 3 is 2.40 bits per heavy atom. The number of benzene rings is 2. The molecule has 45 heavy (non-hydrogen) atoms. The summed E-state index contributed by atoms with van der Waals surface area (Å²) in [5.41, 5.74) is 3.55. The first-order chi connectivity index (χ1) is 21.6. The number of carbonyl (C=O) groups is 2. The van der Waals surface area contributed by atoms with Crippen molar-refractivity contribution in [3.8, 4) is 23.8 Å². The number of nitrogens with one attached hydrogen (secondary N) is 1. The summed E-state index contributed by atoms with van der Waals surface area (Å²) in [6, 6.07) is 12.7. The zero-order valence-corrected chi connectivity index (χ0v) is 26.9. The molecule has 0 unspecified atom stereocenters. The van der Waals surface area contributed by atoms with Gasteiger partial charge in [-0.15, -0.1) is 12.3 Å². The number of likely N-dealkylation sites (tertiary alicyclic amines) is 1. The van der Waals surface area contributed by atoms with Crippen LogP contribution in [-0.2, 0) is 26.0 Å². The fourth-order valence-electron chi connectivity index (χ4n) is 5.54. The fraction of sp³-hybridized carbons (Fsp3) is 0.515. The fourth-order valence-corrected chi connectivity index (χ4v) is 7.18. The van der Waals surface area contributed by atoms with Crippen molar-refractivity contribution in [3.63, 3.8) is 0 Å². The summed E-state index contributed by atoms with van der Waals surface area (Å²) in [5.74, 6) is 2.32. The summed E-state index contributed by atoms with van der Waals surface area (Å²) in [5, 5.41) is 13.0. The first-order valence-electron chi connectivity index (χ1n) is 15.5. The number of carbonyl (C=O) groups excluding carboxylic acids is 2. The topological polar surface area (TPSA) is 129 Å². The molecule has 2 aliphatic rings. The molecule has 0 radical (unpaired) electrons. The zero-order chi connectivity index (χ0) is 32.4. The molecule has 2 heterocycles. The minimum absolute atomic E-state index is 0.0000722. The highest BCUT2D eigenvalue weighted by atomic mass is 32.2. The highest BCUT2D eigenvalue weighted by Gasteiger charge is 2.36. The third kappa shape index (κ3) is 9.43. The maximum absolute atomic E-state index is 14.0. The first-order valence-corrected chi connectivity index (χ1v) is 16.9. The van der Waals surface area contributed by atoms with Crippen LogP contribution in [0.4, 0.5) is 0 Å². The third-order valence-electron chi connectivity index (χ3n) is 7.74. The molecule has 2 aromatic rings. The molecule has 2 aromatic carbocycles. The average molecular weight is 641 g/mol. The summed E-state index contributed by atoms with van der Waals surface area (Å²) in [7, 11) is -4.12. The van der Waals surface area contributed by atoms with E-state index in [0.29, 0.717) is 24.7 Å². The van der Waals surface area contributed by atoms with E-state index >= 15 is 0 Å². The van der Waals surface area contributed by atoms with Crippen molar-refractivity contribution in [1.82, 2.24) is 19.6 Å². The molecule has 4 rings (SSSR count). The van der Waals surface area contributed by atoms with Crippen molar-refractivity contribution < 1.29 is 32.6 Å². The number of terminal acetylenes is 1. The van der Waals surface area contributed by atoms with Gasteiger partial charge in [0.2, 0.25) is 15.9 Å². The zero-order valence-electron chi connectivity index (χ0n) is 26.1. The van der Waals surface area contributed by atoms with Gasteiger partial charge in [-0.3, -0.25) is 19.9 Å². The largest absolute Gasteiger partial charge is 0.486 e. The van der Waals surface area contributed by atoms with Crippen LogP contribution in [0.3, 0.4) is 0 Å². The second-order valence-corrected chi connectivity index (χ2v) is 13.8. The van der Waals surface area contributed by atoms with Crippen molar-refractivity contribution in [3.05, 3.63) is 54.1 Å². The molecule has 2 atom stereocenters. The second kappa shape index (κ2) is 16.1. The van der Waals surface area contributed by atoms with Crippen molar-refractivity contribution >= 4 is 21.8 Å². The average Bonchev–Trinajstić information content (AvgIpc) is 3.54. The van der Waals surface area contributed by atoms with E-state index in [-0.39, 0.29) is 55.6 Å². The van der Waals surface area contributed by atoms with E-state index in [1.165, 1.54) is 16.4 Å². The van der Waals surface area contributed by atoms with E-state index < -0.39 is 28.1 Å². The van der Waals surface area contributed by atoms with Gasteiger partial charge in [0.05, 0.1) is 23.6 Å². The van der Waals surface area contributed by atoms with Crippen molar-refractivity contribution in [1.29, 1.82) is 0 Å². The molecule has 0 aliphatic carbocycles. The van der Waals surface area contributed by atoms with Gasteiger partial charge in [-0.25, -0.2) is 13.4 Å². The molecule has 2 N–H and O–H groups in total. The molecule has 0 saturated carbocycles. The number of aliphatic hydroxyl groups excluding tert-OH is 1. The Balaban J connectivity index is 1.66. The molecule has 0 aromatic heterocycles. The van der Waals surface area contributed by atoms with Crippen LogP contribution in [0.1, 0.15) is 45.1 Å². The van der Waals surface area contributed by atoms with Crippen LogP contribution in [0.15, 0.2) is 53.4 Å². The molecule has 11 nitrogen and oxygen atoms in total. The molecular weight excluding hydrogens is 596 g/mol. The number of nitrogens with zero attached hydrogens (tertiary/aromatic N) is 3. The quantitative estimate of drug-likeness (QED) is 0.238. The number of aliphatic hydroxyl groups is 1. The molecular formula is C33H44N4O7S. The Labute approximate surface area is 266 Å². The van der Waals surface area contributed by atoms with Crippen molar-refractivity contribution in [2.45, 2.75) is 63.0 Å². The van der Waals surface area contributed by atoms with Crippen LogP contribution in [0.25, 0.3) is 0 Å². The maximum atomic E-state index is 14.0. The molecule has 0 bridgehead atoms. The number of fused-ring (bicyclic) bond motifs is 1. The standard InChI is InChI=1S/C33H44N4O7S/c1-4-5-13-33(40)37(34-32(39)24-35-16-9-10-17-35)28(20-26-11-7-6-8-12-26)29(38)23-36(22-25(2)3)45(41,42)27-14-15-30-31(21-27)44-19-18-43-30/h1,6-8,11-12,14-15,21,25,28-29,38H,5,9-10,13,16-20,22-24H2,2-3H3,(H,34,39)/t28-,29+/m0/s1. The van der Waals surface area contributed by atoms with Gasteiger partial charge >= 0.3 is 0 Å². The van der Waals surface area contributed by atoms with Crippen LogP contribution in [-0.4, -0.2) is 97.6 Å². The number of hydrogen-bond acceptors (Lipinski definition) is 8. The smallest absolute Gasteiger partial charge is 0.252 e. The SMILES string of the molecule is C#CCCC(=O)N(NC(=O)CN1CCCC1)[C@@H](Cc1ccccc1)[C@H](O)CN(CC(C)C)S(=O)(=O)c1ccc2c(c1)OCCO2. The monoisotopic (exact) mass is 640 g/mol. The number of amides is 2. The molecule has 1 saturated heterocycles. The maximum Gasteiger partial charge on any atom is 0.252 e. The normalized spacial score (nSPS) is 16.3. The lowest BCUT2D eigenvalue weighted by molar-refractivity contribution is -0.148. The summed E-state index contributed by atoms with van der Waals surface area (Å²) >= 11 is 0. The Kier molecular flexibility index (Phi) is 12.2. The van der Waals surface area contributed by atoms with Gasteiger partial charge in [-0.1, -0.05) is 44.2 Å². The van der Waals surface area contributed by atoms with Gasteiger partial charge in [-0.05, 0) is 56.0 Å². The molecule has 1 fully saturated rings. The highest BCUT2D eigenvalue weighted by Crippen LogP contribution is 2.33. The van der Waals surface area contributed by atoms with E-state index in [1.807, 2.05) is 49.1 Å². The molecule has 244 valence electrons. The van der Waals surface area contributed by atoms with E-state index in [9.17, 15) is 23.1 Å². The van der Waals surface area contributed by atoms with Crippen molar-refractivity contribution in [2.24, 2.45) is 5.92 Å². The van der Waals surface area contributed by atoms with Gasteiger partial charge in [0.1, 0.15) is 13.2 Å². The number of hydrazine groups is 1. The van der Waals surface area contributed by atoms with Gasteiger partial charge < -0.3 is 14.6 Å². The van der Waals surface area contributed by atoms with Gasteiger partial charge in [0.25, 0.3) is 5.91 Å². The summed E-state index contributed by atoms with van der Waals surface area (Å²) in [6.07, 6.45) is 6.32. The van der Waals surface area contributed by atoms with Crippen LogP contribution in [0.2, 0.25) is 0 Å². The first kappa shape index (κ1) is 34.2. The number of rotatable bonds is 14. The minimum Gasteiger partial charge on any atom is -0.486 e. The molecule has 12 heteroatoms. The van der Waals surface area contributed by atoms with E-state index in [4.69, 9.17) is 15.9 Å². The third-order valence-corrected chi connectivity index (χ3v) is 9.56. The summed E-state index contributed by atoms with van der Waals surface area (Å²) in [6.45, 7) is 5.91. The Morgan fingerprint density at radius 2 is 1.73 bits per heavy atom. The predicted molar refractivity (Wildman–Crippen MR) is 170 cm³/mol. The Bertz CT molecular complexity index is 1440. The lowest BCUT2D eigenvalue weighted by atomic mass is 9.99. The number of hydrogen-bond donors (Lipinski definition) is 2. The van der Waals surface area contributed by atoms with Crippen LogP contribution in [0.5, 0.6) is 11.5 Å². The van der Waals surface area contributed by atoms with E-state index in [2.05, 4.69) is 11.3 Å². The van der Waals surface area contributed by atoms with E-state index in [0.717, 1.165) is 36.5 Å². The molecule has 2 amide bonds. The summed E-state index contributed by atoms with van der Waals surface area (Å²) < 4.78 is 40.5. The van der Waals surface area contributed by atoms with Gasteiger partial charge in [-0.2, -0.15) is 4.31 Å². The molecule has 2 aliphatic heterocycles.